The lowest BCUT2D eigenvalue weighted by Crippen LogP contribution is -2.32. The molecule has 0 bridgehead atoms. The lowest BCUT2D eigenvalue weighted by atomic mass is 9.94. The minimum atomic E-state index is -0.526. The number of hydrogen-bond acceptors (Lipinski definition) is 4. The summed E-state index contributed by atoms with van der Waals surface area (Å²) in [7, 11) is 1.71. The number of benzene rings is 1. The molecule has 112 valence electrons. The van der Waals surface area contributed by atoms with Crippen LogP contribution in [-0.2, 0) is 0 Å². The average molecular weight is 289 g/mol. The van der Waals surface area contributed by atoms with Crippen molar-refractivity contribution in [2.75, 3.05) is 19.3 Å². The molecule has 1 aromatic rings. The molecule has 0 spiro atoms. The van der Waals surface area contributed by atoms with E-state index in [9.17, 15) is 14.9 Å². The second kappa shape index (κ2) is 6.39. The van der Waals surface area contributed by atoms with Gasteiger partial charge in [0.2, 0.25) is 0 Å². The Hall–Kier alpha value is -2.37. The number of carbonyl (C=O) groups excluding carboxylic acids is 1. The lowest BCUT2D eigenvalue weighted by molar-refractivity contribution is -0.384. The van der Waals surface area contributed by atoms with Crippen molar-refractivity contribution >= 4 is 17.3 Å². The van der Waals surface area contributed by atoms with Crippen molar-refractivity contribution in [2.24, 2.45) is 5.92 Å². The molecule has 0 heterocycles. The summed E-state index contributed by atoms with van der Waals surface area (Å²) in [5, 5.41) is 10.8. The molecule has 2 rings (SSSR count). The fourth-order valence-electron chi connectivity index (χ4n) is 2.54. The van der Waals surface area contributed by atoms with E-state index in [2.05, 4.69) is 12.2 Å². The molecule has 1 aliphatic carbocycles. The van der Waals surface area contributed by atoms with Crippen molar-refractivity contribution in [1.82, 2.24) is 4.90 Å². The predicted molar refractivity (Wildman–Crippen MR) is 81.0 cm³/mol. The number of allylic oxidation sites excluding steroid dienone is 2. The van der Waals surface area contributed by atoms with Gasteiger partial charge in [-0.25, -0.2) is 0 Å². The van der Waals surface area contributed by atoms with E-state index >= 15 is 0 Å². The summed E-state index contributed by atoms with van der Waals surface area (Å²) in [4.78, 5) is 24.3. The van der Waals surface area contributed by atoms with Crippen molar-refractivity contribution in [3.63, 3.8) is 0 Å². The minimum absolute atomic E-state index is 0.124. The van der Waals surface area contributed by atoms with Gasteiger partial charge in [-0.2, -0.15) is 0 Å². The summed E-state index contributed by atoms with van der Waals surface area (Å²) >= 11 is 0. The van der Waals surface area contributed by atoms with Crippen LogP contribution in [0.5, 0.6) is 0 Å². The van der Waals surface area contributed by atoms with Crippen molar-refractivity contribution < 1.29 is 9.72 Å². The van der Waals surface area contributed by atoms with Gasteiger partial charge in [0.05, 0.1) is 10.5 Å². The van der Waals surface area contributed by atoms with Crippen LogP contribution in [-0.4, -0.2) is 29.3 Å². The quantitative estimate of drug-likeness (QED) is 0.399. The summed E-state index contributed by atoms with van der Waals surface area (Å²) in [5.41, 5.74) is 6.11. The second-order valence-electron chi connectivity index (χ2n) is 5.36. The van der Waals surface area contributed by atoms with E-state index in [0.29, 0.717) is 12.5 Å². The van der Waals surface area contributed by atoms with Gasteiger partial charge >= 0.3 is 0 Å². The van der Waals surface area contributed by atoms with Gasteiger partial charge in [0.15, 0.2) is 0 Å². The van der Waals surface area contributed by atoms with E-state index < -0.39 is 4.92 Å². The Morgan fingerprint density at radius 3 is 2.86 bits per heavy atom. The van der Waals surface area contributed by atoms with E-state index in [4.69, 9.17) is 5.73 Å². The third-order valence-corrected chi connectivity index (χ3v) is 3.73. The number of nitro groups is 1. The molecule has 0 saturated carbocycles. The molecule has 1 atom stereocenters. The topological polar surface area (TPSA) is 89.5 Å². The first kappa shape index (κ1) is 15.0. The molecular formula is C15H19N3O3. The molecule has 6 heteroatoms. The average Bonchev–Trinajstić information content (AvgIpc) is 2.47. The van der Waals surface area contributed by atoms with Crippen LogP contribution >= 0.6 is 0 Å². The highest BCUT2D eigenvalue weighted by atomic mass is 16.6. The summed E-state index contributed by atoms with van der Waals surface area (Å²) in [6, 6.07) is 3.95. The number of hydrogen-bond donors (Lipinski definition) is 1. The number of nitrogens with two attached hydrogens (primary N) is 1. The normalized spacial score (nSPS) is 17.5. The lowest BCUT2D eigenvalue weighted by Gasteiger charge is -2.25. The maximum atomic E-state index is 12.4. The van der Waals surface area contributed by atoms with E-state index in [1.807, 2.05) is 0 Å². The predicted octanol–water partition coefficient (Wildman–Crippen LogP) is 2.61. The summed E-state index contributed by atoms with van der Waals surface area (Å²) < 4.78 is 0. The molecule has 1 aliphatic rings. The van der Waals surface area contributed by atoms with E-state index in [0.717, 1.165) is 19.3 Å². The molecule has 0 unspecified atom stereocenters. The smallest absolute Gasteiger partial charge is 0.270 e. The van der Waals surface area contributed by atoms with E-state index in [1.165, 1.54) is 18.2 Å². The molecule has 0 fully saturated rings. The van der Waals surface area contributed by atoms with Gasteiger partial charge in [-0.1, -0.05) is 12.2 Å². The van der Waals surface area contributed by atoms with Gasteiger partial charge in [-0.3, -0.25) is 14.9 Å². The number of anilines is 1. The van der Waals surface area contributed by atoms with Crippen molar-refractivity contribution in [2.45, 2.75) is 19.3 Å². The zero-order valence-corrected chi connectivity index (χ0v) is 12.0. The number of carbonyl (C=O) groups is 1. The second-order valence-corrected chi connectivity index (χ2v) is 5.36. The zero-order valence-electron chi connectivity index (χ0n) is 12.0. The number of nitrogen functional groups attached to an aromatic ring is 1. The Kier molecular flexibility index (Phi) is 4.57. The highest BCUT2D eigenvalue weighted by Crippen LogP contribution is 2.23. The molecule has 0 aliphatic heterocycles. The Bertz CT molecular complexity index is 584. The Labute approximate surface area is 123 Å². The van der Waals surface area contributed by atoms with Gasteiger partial charge in [0.25, 0.3) is 11.6 Å². The molecule has 1 amide bonds. The number of nitro benzene ring substituents is 1. The molecule has 1 aromatic carbocycles. The Morgan fingerprint density at radius 1 is 1.48 bits per heavy atom. The molecule has 6 nitrogen and oxygen atoms in total. The number of nitrogens with zero attached hydrogens (tertiary/aromatic N) is 2. The highest BCUT2D eigenvalue weighted by Gasteiger charge is 2.21. The Balaban J connectivity index is 2.13. The molecule has 2 N–H and O–H groups in total. The van der Waals surface area contributed by atoms with Crippen LogP contribution in [0, 0.1) is 16.0 Å². The Morgan fingerprint density at radius 2 is 2.24 bits per heavy atom. The maximum Gasteiger partial charge on any atom is 0.270 e. The monoisotopic (exact) mass is 289 g/mol. The van der Waals surface area contributed by atoms with Crippen LogP contribution in [0.25, 0.3) is 0 Å². The van der Waals surface area contributed by atoms with Gasteiger partial charge in [-0.15, -0.1) is 0 Å². The van der Waals surface area contributed by atoms with Crippen LogP contribution in [0.4, 0.5) is 11.4 Å². The van der Waals surface area contributed by atoms with Crippen molar-refractivity contribution in [3.05, 3.63) is 46.0 Å². The SMILES string of the molecule is CN(C[C@H]1CC=CCC1)C(=O)c1cc([N+](=O)[O-])ccc1N. The molecule has 0 aromatic heterocycles. The standard InChI is InChI=1S/C15H19N3O3/c1-17(10-11-5-3-2-4-6-11)15(19)13-9-12(18(20)21)7-8-14(13)16/h2-3,7-9,11H,4-6,10,16H2,1H3/t11-/m0/s1. The van der Waals surface area contributed by atoms with E-state index in [-0.39, 0.29) is 22.8 Å². The molecular weight excluding hydrogens is 270 g/mol. The number of non-ortho nitro benzene ring substituents is 1. The van der Waals surface area contributed by atoms with E-state index in [1.54, 1.807) is 11.9 Å². The maximum absolute atomic E-state index is 12.4. The van der Waals surface area contributed by atoms with Gasteiger partial charge in [0, 0.05) is 31.4 Å². The van der Waals surface area contributed by atoms with Crippen LogP contribution in [0.1, 0.15) is 29.6 Å². The molecule has 0 radical (unpaired) electrons. The van der Waals surface area contributed by atoms with Crippen LogP contribution < -0.4 is 5.73 Å². The molecule has 0 saturated heterocycles. The third-order valence-electron chi connectivity index (χ3n) is 3.73. The summed E-state index contributed by atoms with van der Waals surface area (Å²) in [6.07, 6.45) is 7.33. The van der Waals surface area contributed by atoms with Gasteiger partial charge in [0.1, 0.15) is 0 Å². The minimum Gasteiger partial charge on any atom is -0.398 e. The van der Waals surface area contributed by atoms with Crippen LogP contribution in [0.2, 0.25) is 0 Å². The first-order chi connectivity index (χ1) is 9.99. The number of amides is 1. The first-order valence-corrected chi connectivity index (χ1v) is 6.93. The molecule has 21 heavy (non-hydrogen) atoms. The van der Waals surface area contributed by atoms with Gasteiger partial charge < -0.3 is 10.6 Å². The number of rotatable bonds is 4. The highest BCUT2D eigenvalue weighted by molar-refractivity contribution is 5.99. The zero-order chi connectivity index (χ0) is 15.4. The fraction of sp³-hybridized carbons (Fsp3) is 0.400. The van der Waals surface area contributed by atoms with Gasteiger partial charge in [-0.05, 0) is 31.2 Å². The largest absolute Gasteiger partial charge is 0.398 e. The van der Waals surface area contributed by atoms with Crippen LogP contribution in [0.3, 0.4) is 0 Å². The summed E-state index contributed by atoms with van der Waals surface area (Å²) in [5.74, 6) is 0.162. The van der Waals surface area contributed by atoms with Crippen molar-refractivity contribution in [1.29, 1.82) is 0 Å². The van der Waals surface area contributed by atoms with Crippen LogP contribution in [0.15, 0.2) is 30.4 Å². The first-order valence-electron chi connectivity index (χ1n) is 6.93. The third kappa shape index (κ3) is 3.59. The fourth-order valence-corrected chi connectivity index (χ4v) is 2.54. The van der Waals surface area contributed by atoms with Crippen molar-refractivity contribution in [3.8, 4) is 0 Å². The summed E-state index contributed by atoms with van der Waals surface area (Å²) in [6.45, 7) is 0.630.